The quantitative estimate of drug-likeness (QED) is 0.678. The first-order valence-corrected chi connectivity index (χ1v) is 12.7. The van der Waals surface area contributed by atoms with Gasteiger partial charge in [0.2, 0.25) is 0 Å². The van der Waals surface area contributed by atoms with E-state index in [-0.39, 0.29) is 23.5 Å². The van der Waals surface area contributed by atoms with E-state index in [2.05, 4.69) is 59.9 Å². The van der Waals surface area contributed by atoms with E-state index < -0.39 is 26.4 Å². The summed E-state index contributed by atoms with van der Waals surface area (Å²) in [5.74, 6) is 0.165. The standard InChI is InChI=1S/C26H23NO3S/c28-31(29)16-17-15-27-24(31)23-22(17)25(18-9-3-1-4-10-18)20-13-7-8-14-21(20)26(23,30-25)19-11-5-2-6-12-19/h1-14,17,22-24,27H,15-16H2/t17-,22-,23+,24-,25+,26+/m1/s1. The summed E-state index contributed by atoms with van der Waals surface area (Å²) in [6.45, 7) is 0.718. The third-order valence-electron chi connectivity index (χ3n) is 8.03. The smallest absolute Gasteiger partial charge is 0.166 e. The summed E-state index contributed by atoms with van der Waals surface area (Å²) in [6, 6.07) is 29.1. The maximum atomic E-state index is 13.3. The molecule has 0 aliphatic carbocycles. The number of piperidine rings is 1. The topological polar surface area (TPSA) is 55.4 Å². The van der Waals surface area contributed by atoms with E-state index in [9.17, 15) is 8.42 Å². The van der Waals surface area contributed by atoms with Crippen LogP contribution in [0.5, 0.6) is 0 Å². The van der Waals surface area contributed by atoms with Crippen molar-refractivity contribution in [1.82, 2.24) is 5.32 Å². The molecule has 8 rings (SSSR count). The van der Waals surface area contributed by atoms with Crippen LogP contribution in [0.3, 0.4) is 0 Å². The van der Waals surface area contributed by atoms with E-state index in [0.717, 1.165) is 23.2 Å². The van der Waals surface area contributed by atoms with Crippen LogP contribution in [0.15, 0.2) is 84.9 Å². The number of benzene rings is 3. The number of ether oxygens (including phenoxy) is 1. The molecule has 0 saturated carbocycles. The Bertz CT molecular complexity index is 1290. The third-order valence-corrected chi connectivity index (χ3v) is 10.2. The number of hydrogen-bond acceptors (Lipinski definition) is 4. The van der Waals surface area contributed by atoms with Gasteiger partial charge in [-0.05, 0) is 28.2 Å². The molecule has 3 aromatic rings. The molecular weight excluding hydrogens is 406 g/mol. The molecule has 4 fully saturated rings. The Hall–Kier alpha value is -2.47. The number of hydrogen-bond donors (Lipinski definition) is 1. The number of nitrogens with one attached hydrogen (secondary N) is 1. The first-order chi connectivity index (χ1) is 15.1. The van der Waals surface area contributed by atoms with Crippen LogP contribution in [-0.2, 0) is 25.8 Å². The van der Waals surface area contributed by atoms with Crippen molar-refractivity contribution in [2.45, 2.75) is 16.6 Å². The van der Waals surface area contributed by atoms with Crippen molar-refractivity contribution in [2.75, 3.05) is 12.3 Å². The van der Waals surface area contributed by atoms with Gasteiger partial charge in [0, 0.05) is 18.4 Å². The lowest BCUT2D eigenvalue weighted by molar-refractivity contribution is -0.0587. The molecule has 1 N–H and O–H groups in total. The van der Waals surface area contributed by atoms with Gasteiger partial charge in [-0.3, -0.25) is 0 Å². The highest BCUT2D eigenvalue weighted by Crippen LogP contribution is 2.72. The number of sulfone groups is 1. The van der Waals surface area contributed by atoms with Gasteiger partial charge < -0.3 is 10.1 Å². The Morgan fingerprint density at radius 3 is 1.81 bits per heavy atom. The van der Waals surface area contributed by atoms with Gasteiger partial charge in [0.05, 0.1) is 5.75 Å². The summed E-state index contributed by atoms with van der Waals surface area (Å²) >= 11 is 0. The van der Waals surface area contributed by atoms with Gasteiger partial charge >= 0.3 is 0 Å². The summed E-state index contributed by atoms with van der Waals surface area (Å²) in [4.78, 5) is 0. The molecule has 156 valence electrons. The minimum absolute atomic E-state index is 0.0131. The van der Waals surface area contributed by atoms with E-state index >= 15 is 0 Å². The van der Waals surface area contributed by atoms with Crippen molar-refractivity contribution in [3.05, 3.63) is 107 Å². The molecule has 0 spiro atoms. The van der Waals surface area contributed by atoms with Crippen LogP contribution in [0.2, 0.25) is 0 Å². The van der Waals surface area contributed by atoms with Crippen LogP contribution < -0.4 is 5.32 Å². The van der Waals surface area contributed by atoms with Crippen LogP contribution in [0.1, 0.15) is 22.3 Å². The molecule has 0 radical (unpaired) electrons. The molecule has 0 unspecified atom stereocenters. The normalized spacial score (nSPS) is 38.6. The van der Waals surface area contributed by atoms with Crippen LogP contribution in [0.4, 0.5) is 0 Å². The van der Waals surface area contributed by atoms with E-state index in [4.69, 9.17) is 4.74 Å². The second-order valence-corrected chi connectivity index (χ2v) is 11.5. The summed E-state index contributed by atoms with van der Waals surface area (Å²) in [5, 5.41) is 2.80. The predicted octanol–water partition coefficient (Wildman–Crippen LogP) is 3.42. The predicted molar refractivity (Wildman–Crippen MR) is 118 cm³/mol. The molecule has 0 aromatic heterocycles. The zero-order chi connectivity index (χ0) is 20.8. The van der Waals surface area contributed by atoms with E-state index in [1.165, 1.54) is 5.56 Å². The van der Waals surface area contributed by atoms with E-state index in [1.807, 2.05) is 30.3 Å². The Labute approximate surface area is 182 Å². The van der Waals surface area contributed by atoms with Crippen molar-refractivity contribution in [1.29, 1.82) is 0 Å². The molecule has 6 atom stereocenters. The second kappa shape index (κ2) is 5.85. The van der Waals surface area contributed by atoms with Gasteiger partial charge in [-0.15, -0.1) is 0 Å². The van der Waals surface area contributed by atoms with Crippen LogP contribution in [-0.4, -0.2) is 26.1 Å². The minimum atomic E-state index is -3.25. The van der Waals surface area contributed by atoms with Crippen LogP contribution in [0, 0.1) is 17.8 Å². The van der Waals surface area contributed by atoms with Gasteiger partial charge in [0.1, 0.15) is 16.6 Å². The average molecular weight is 430 g/mol. The Morgan fingerprint density at radius 1 is 0.742 bits per heavy atom. The molecule has 3 aromatic carbocycles. The van der Waals surface area contributed by atoms with E-state index in [0.29, 0.717) is 0 Å². The summed E-state index contributed by atoms with van der Waals surface area (Å²) in [6.07, 6.45) is 0. The molecule has 5 heteroatoms. The number of rotatable bonds is 2. The summed E-state index contributed by atoms with van der Waals surface area (Å²) in [5.41, 5.74) is 3.03. The highest BCUT2D eigenvalue weighted by atomic mass is 32.2. The zero-order valence-corrected chi connectivity index (χ0v) is 17.8. The van der Waals surface area contributed by atoms with Gasteiger partial charge in [0.15, 0.2) is 9.84 Å². The Balaban J connectivity index is 1.61. The molecule has 5 aliphatic heterocycles. The monoisotopic (exact) mass is 429 g/mol. The van der Waals surface area contributed by atoms with Crippen molar-refractivity contribution in [3.8, 4) is 0 Å². The van der Waals surface area contributed by atoms with Crippen LogP contribution in [0.25, 0.3) is 0 Å². The van der Waals surface area contributed by atoms with Gasteiger partial charge in [0.25, 0.3) is 0 Å². The van der Waals surface area contributed by atoms with Crippen molar-refractivity contribution < 1.29 is 13.2 Å². The molecule has 4 bridgehead atoms. The van der Waals surface area contributed by atoms with Gasteiger partial charge in [-0.25, -0.2) is 8.42 Å². The largest absolute Gasteiger partial charge is 0.349 e. The maximum Gasteiger partial charge on any atom is 0.166 e. The lowest BCUT2D eigenvalue weighted by Gasteiger charge is -2.54. The first kappa shape index (κ1) is 18.1. The molecule has 5 aliphatic rings. The molecule has 5 heterocycles. The minimum Gasteiger partial charge on any atom is -0.349 e. The molecule has 4 nitrogen and oxygen atoms in total. The summed E-state index contributed by atoms with van der Waals surface area (Å²) in [7, 11) is -3.25. The van der Waals surface area contributed by atoms with Gasteiger partial charge in [-0.2, -0.15) is 0 Å². The third kappa shape index (κ3) is 2.01. The molecular formula is C26H23NO3S. The van der Waals surface area contributed by atoms with Gasteiger partial charge in [-0.1, -0.05) is 84.9 Å². The molecule has 0 amide bonds. The zero-order valence-electron chi connectivity index (χ0n) is 16.9. The fraction of sp³-hybridized carbons (Fsp3) is 0.308. The Morgan fingerprint density at radius 2 is 1.26 bits per heavy atom. The second-order valence-electron chi connectivity index (χ2n) is 9.32. The molecule has 4 saturated heterocycles. The fourth-order valence-corrected chi connectivity index (χ4v) is 9.43. The fourth-order valence-electron chi connectivity index (χ4n) is 7.14. The highest BCUT2D eigenvalue weighted by molar-refractivity contribution is 7.92. The maximum absolute atomic E-state index is 13.3. The van der Waals surface area contributed by atoms with Crippen molar-refractivity contribution in [3.63, 3.8) is 0 Å². The van der Waals surface area contributed by atoms with E-state index in [1.54, 1.807) is 0 Å². The summed E-state index contributed by atoms with van der Waals surface area (Å²) < 4.78 is 33.8. The lowest BCUT2D eigenvalue weighted by atomic mass is 9.56. The lowest BCUT2D eigenvalue weighted by Crippen LogP contribution is -2.67. The average Bonchev–Trinajstić information content (AvgIpc) is 3.31. The SMILES string of the molecule is O=S1(=O)C[C@H]2CN[C@H]1[C@@H]1[C@@H]2[C@@]2(c3ccccc3)O[C@@]1(c1ccccc1)c1ccccc12. The molecule has 31 heavy (non-hydrogen) atoms. The van der Waals surface area contributed by atoms with Crippen LogP contribution >= 0.6 is 0 Å². The number of fused-ring (bicyclic) bond motifs is 7. The van der Waals surface area contributed by atoms with Crippen molar-refractivity contribution >= 4 is 9.84 Å². The highest BCUT2D eigenvalue weighted by Gasteiger charge is 2.77. The first-order valence-electron chi connectivity index (χ1n) is 11.0. The Kier molecular flexibility index (Phi) is 3.42. The van der Waals surface area contributed by atoms with Crippen molar-refractivity contribution in [2.24, 2.45) is 17.8 Å².